The minimum atomic E-state index is -2.74. The molecule has 3 heterocycles. The first-order chi connectivity index (χ1) is 16.6. The molecular formula is C25H33NO10. The quantitative estimate of drug-likeness (QED) is 0.179. The van der Waals surface area contributed by atoms with Gasteiger partial charge in [0.1, 0.15) is 34.2 Å². The molecule has 1 aromatic heterocycles. The molecule has 0 radical (unpaired) electrons. The summed E-state index contributed by atoms with van der Waals surface area (Å²) < 4.78 is 11.9. The highest BCUT2D eigenvalue weighted by Gasteiger charge is 3.10. The van der Waals surface area contributed by atoms with E-state index >= 15 is 0 Å². The van der Waals surface area contributed by atoms with Gasteiger partial charge in [-0.1, -0.05) is 19.9 Å². The molecule has 0 unspecified atom stereocenters. The fourth-order valence-corrected chi connectivity index (χ4v) is 9.20. The summed E-state index contributed by atoms with van der Waals surface area (Å²) in [5.74, 6) is -4.52. The Morgan fingerprint density at radius 2 is 1.92 bits per heavy atom. The highest BCUT2D eigenvalue weighted by atomic mass is 16.7. The van der Waals surface area contributed by atoms with Gasteiger partial charge in [0, 0.05) is 30.6 Å². The number of aliphatic hydroxyl groups is 7. The lowest BCUT2D eigenvalue weighted by Crippen LogP contribution is -2.74. The highest BCUT2D eigenvalue weighted by molar-refractivity contribution is 5.87. The van der Waals surface area contributed by atoms with Gasteiger partial charge in [-0.15, -0.1) is 0 Å². The summed E-state index contributed by atoms with van der Waals surface area (Å²) in [6.07, 6.45) is -1.17. The molecule has 4 aliphatic carbocycles. The van der Waals surface area contributed by atoms with Gasteiger partial charge in [0.05, 0.1) is 5.41 Å². The summed E-state index contributed by atoms with van der Waals surface area (Å²) in [6, 6.07) is 2.97. The number of carbonyl (C=O) groups is 1. The van der Waals surface area contributed by atoms with Crippen LogP contribution in [0.4, 0.5) is 0 Å². The van der Waals surface area contributed by atoms with E-state index in [0.29, 0.717) is 5.57 Å². The number of aromatic amines is 1. The zero-order chi connectivity index (χ0) is 26.5. The first-order valence-electron chi connectivity index (χ1n) is 12.2. The Kier molecular flexibility index (Phi) is 4.25. The summed E-state index contributed by atoms with van der Waals surface area (Å²) in [5, 5.41) is 84.0. The maximum Gasteiger partial charge on any atom is 0.355 e. The van der Waals surface area contributed by atoms with E-state index < -0.39 is 81.7 Å². The van der Waals surface area contributed by atoms with Gasteiger partial charge in [0.25, 0.3) is 0 Å². The van der Waals surface area contributed by atoms with Crippen LogP contribution in [0.2, 0.25) is 0 Å². The second-order valence-electron chi connectivity index (χ2n) is 11.9. The van der Waals surface area contributed by atoms with E-state index in [-0.39, 0.29) is 12.1 Å². The van der Waals surface area contributed by atoms with Gasteiger partial charge in [-0.3, -0.25) is 0 Å². The molecule has 36 heavy (non-hydrogen) atoms. The third-order valence-corrected chi connectivity index (χ3v) is 11.1. The lowest BCUT2D eigenvalue weighted by atomic mass is 9.52. The van der Waals surface area contributed by atoms with Crippen LogP contribution in [0.5, 0.6) is 0 Å². The number of H-pyrrole nitrogens is 1. The molecule has 6 bridgehead atoms. The standard InChI is InChI=1S/C25H33NO10/c1-12-7-8-20(30)18(3)11-21(31)19(4)22(32,13(2)10-27)17(35-16(29)14-6-5-9-26-14)23(18,33)25(19,34)24(20,36-21)15(12)28/h5-7,9,13,15,17,26-28,30-34H,8,10-11H2,1-4H3/t13-,15-,17+,18-,19-,20-,21+,22+,23+,24+,25+/m0/s1. The minimum absolute atomic E-state index is 0.000602. The van der Waals surface area contributed by atoms with Crippen molar-refractivity contribution in [2.75, 3.05) is 6.61 Å². The average Bonchev–Trinajstić information content (AvgIpc) is 3.45. The zero-order valence-corrected chi connectivity index (χ0v) is 20.5. The lowest BCUT2D eigenvalue weighted by Gasteiger charge is -2.59. The van der Waals surface area contributed by atoms with E-state index in [0.717, 1.165) is 0 Å². The van der Waals surface area contributed by atoms with Crippen molar-refractivity contribution in [3.63, 3.8) is 0 Å². The van der Waals surface area contributed by atoms with E-state index in [2.05, 4.69) is 4.98 Å². The largest absolute Gasteiger partial charge is 0.451 e. The Labute approximate surface area is 207 Å². The van der Waals surface area contributed by atoms with Gasteiger partial charge in [0.15, 0.2) is 17.5 Å². The topological polar surface area (TPSA) is 193 Å². The molecule has 7 rings (SSSR count). The summed E-state index contributed by atoms with van der Waals surface area (Å²) >= 11 is 0. The predicted octanol–water partition coefficient (Wildman–Crippen LogP) is -1.30. The Hall–Kier alpha value is -1.83. The summed E-state index contributed by atoms with van der Waals surface area (Å²) in [4.78, 5) is 15.9. The summed E-state index contributed by atoms with van der Waals surface area (Å²) in [5.41, 5.74) is -16.1. The summed E-state index contributed by atoms with van der Waals surface area (Å²) in [6.45, 7) is 5.04. The molecule has 8 N–H and O–H groups in total. The third kappa shape index (κ3) is 1.76. The Morgan fingerprint density at radius 3 is 2.50 bits per heavy atom. The number of rotatable bonds is 4. The fourth-order valence-electron chi connectivity index (χ4n) is 9.20. The fraction of sp³-hybridized carbons (Fsp3) is 0.720. The number of hydrogen-bond donors (Lipinski definition) is 8. The van der Waals surface area contributed by atoms with Crippen molar-refractivity contribution in [3.05, 3.63) is 35.7 Å². The van der Waals surface area contributed by atoms with Crippen LogP contribution in [0.3, 0.4) is 0 Å². The van der Waals surface area contributed by atoms with Crippen LogP contribution < -0.4 is 0 Å². The molecule has 1 spiro atoms. The van der Waals surface area contributed by atoms with Crippen LogP contribution >= 0.6 is 0 Å². The van der Waals surface area contributed by atoms with Crippen molar-refractivity contribution >= 4 is 5.97 Å². The first kappa shape index (κ1) is 24.5. The van der Waals surface area contributed by atoms with E-state index in [1.54, 1.807) is 19.1 Å². The zero-order valence-electron chi connectivity index (χ0n) is 20.5. The predicted molar refractivity (Wildman–Crippen MR) is 120 cm³/mol. The molecule has 198 valence electrons. The van der Waals surface area contributed by atoms with E-state index in [9.17, 15) is 40.5 Å². The van der Waals surface area contributed by atoms with Gasteiger partial charge >= 0.3 is 5.97 Å². The summed E-state index contributed by atoms with van der Waals surface area (Å²) in [7, 11) is 0. The van der Waals surface area contributed by atoms with Crippen molar-refractivity contribution in [1.29, 1.82) is 0 Å². The Morgan fingerprint density at radius 1 is 1.25 bits per heavy atom. The van der Waals surface area contributed by atoms with Crippen molar-refractivity contribution in [2.45, 2.75) is 86.5 Å². The van der Waals surface area contributed by atoms with Crippen molar-refractivity contribution in [1.82, 2.24) is 4.98 Å². The minimum Gasteiger partial charge on any atom is -0.451 e. The van der Waals surface area contributed by atoms with Crippen molar-refractivity contribution < 1.29 is 50.0 Å². The Balaban J connectivity index is 1.70. The molecule has 5 fully saturated rings. The number of aromatic nitrogens is 1. The molecule has 0 amide bonds. The number of esters is 1. The number of aliphatic hydroxyl groups excluding tert-OH is 2. The van der Waals surface area contributed by atoms with Crippen molar-refractivity contribution in [3.8, 4) is 0 Å². The molecule has 1 aromatic rings. The molecule has 3 saturated carbocycles. The van der Waals surface area contributed by atoms with Crippen molar-refractivity contribution in [2.24, 2.45) is 16.7 Å². The Bertz CT molecular complexity index is 1200. The molecular weight excluding hydrogens is 474 g/mol. The molecule has 2 aliphatic heterocycles. The smallest absolute Gasteiger partial charge is 0.355 e. The second kappa shape index (κ2) is 6.24. The molecule has 11 nitrogen and oxygen atoms in total. The number of ether oxygens (including phenoxy) is 2. The SMILES string of the molecule is CC1=CC[C@]2(O)[C@]3(C)C[C@@]4(O)O[C@@]2([C@H]1O)[C@]1(O)[C@@]3(O)[C@H](OC(=O)c2ccc[nH]2)[C@](O)([C@@H](C)CO)[C@@]14C. The maximum absolute atomic E-state index is 13.2. The number of carbonyl (C=O) groups excluding carboxylic acids is 1. The highest BCUT2D eigenvalue weighted by Crippen LogP contribution is 2.90. The third-order valence-electron chi connectivity index (χ3n) is 11.1. The van der Waals surface area contributed by atoms with E-state index in [4.69, 9.17) is 9.47 Å². The van der Waals surface area contributed by atoms with Crippen LogP contribution in [0.15, 0.2) is 30.0 Å². The van der Waals surface area contributed by atoms with Crippen LogP contribution in [-0.4, -0.2) is 99.3 Å². The van der Waals surface area contributed by atoms with E-state index in [1.165, 1.54) is 33.0 Å². The van der Waals surface area contributed by atoms with Crippen LogP contribution in [0.25, 0.3) is 0 Å². The van der Waals surface area contributed by atoms with Gasteiger partial charge in [-0.25, -0.2) is 4.79 Å². The number of hydrogen-bond acceptors (Lipinski definition) is 10. The normalized spacial score (nSPS) is 57.0. The van der Waals surface area contributed by atoms with Gasteiger partial charge in [0.2, 0.25) is 0 Å². The van der Waals surface area contributed by atoms with Gasteiger partial charge in [-0.05, 0) is 38.0 Å². The molecule has 11 atom stereocenters. The van der Waals surface area contributed by atoms with E-state index in [1.807, 2.05) is 0 Å². The van der Waals surface area contributed by atoms with Crippen LogP contribution in [0, 0.1) is 16.7 Å². The second-order valence-corrected chi connectivity index (χ2v) is 11.9. The van der Waals surface area contributed by atoms with Crippen LogP contribution in [0.1, 0.15) is 51.0 Å². The molecule has 11 heteroatoms. The first-order valence-corrected chi connectivity index (χ1v) is 12.2. The maximum atomic E-state index is 13.2. The van der Waals surface area contributed by atoms with Crippen LogP contribution in [-0.2, 0) is 9.47 Å². The van der Waals surface area contributed by atoms with Gasteiger partial charge < -0.3 is 50.2 Å². The lowest BCUT2D eigenvalue weighted by molar-refractivity contribution is -0.380. The molecule has 6 aliphatic rings. The molecule has 0 aromatic carbocycles. The van der Waals surface area contributed by atoms with Gasteiger partial charge in [-0.2, -0.15) is 0 Å². The number of nitrogens with one attached hydrogen (secondary N) is 1. The average molecular weight is 508 g/mol. The monoisotopic (exact) mass is 507 g/mol. The molecule has 2 saturated heterocycles.